The number of rotatable bonds is 5. The summed E-state index contributed by atoms with van der Waals surface area (Å²) in [6, 6.07) is 20.0. The minimum absolute atomic E-state index is 0.0217. The summed E-state index contributed by atoms with van der Waals surface area (Å²) in [6.07, 6.45) is 0.458. The molecule has 1 heterocycles. The smallest absolute Gasteiger partial charge is 0.291 e. The Morgan fingerprint density at radius 2 is 1.44 bits per heavy atom. The van der Waals surface area contributed by atoms with Gasteiger partial charge in [0, 0.05) is 25.2 Å². The Morgan fingerprint density at radius 1 is 0.882 bits per heavy atom. The fourth-order valence-electron chi connectivity index (χ4n) is 3.95. The molecule has 0 aliphatic carbocycles. The van der Waals surface area contributed by atoms with Crippen LogP contribution in [-0.2, 0) is 24.7 Å². The fourth-order valence-corrected chi connectivity index (χ4v) is 7.67. The van der Waals surface area contributed by atoms with E-state index in [4.69, 9.17) is 0 Å². The second kappa shape index (κ2) is 9.32. The normalized spacial score (nSPS) is 17.5. The number of sulfonamides is 1. The number of carbonyl (C=O) groups excluding carboxylic acids is 1. The van der Waals surface area contributed by atoms with Crippen molar-refractivity contribution in [1.82, 2.24) is 4.72 Å². The highest BCUT2D eigenvalue weighted by Gasteiger charge is 2.31. The number of nitrogens with one attached hydrogen (secondary N) is 1. The van der Waals surface area contributed by atoms with E-state index in [-0.39, 0.29) is 15.7 Å². The zero-order chi connectivity index (χ0) is 24.5. The van der Waals surface area contributed by atoms with Gasteiger partial charge in [0.25, 0.3) is 10.0 Å². The van der Waals surface area contributed by atoms with Crippen molar-refractivity contribution in [2.24, 2.45) is 3.77 Å². The minimum atomic E-state index is -4.22. The molecule has 3 aromatic rings. The first-order valence-corrected chi connectivity index (χ1v) is 13.9. The van der Waals surface area contributed by atoms with E-state index in [1.54, 1.807) is 41.3 Å². The van der Waals surface area contributed by atoms with Gasteiger partial charge >= 0.3 is 0 Å². The summed E-state index contributed by atoms with van der Waals surface area (Å²) >= 11 is 0. The molecule has 9 heteroatoms. The Balaban J connectivity index is 1.83. The van der Waals surface area contributed by atoms with Crippen LogP contribution >= 0.6 is 0 Å². The van der Waals surface area contributed by atoms with E-state index in [1.165, 1.54) is 19.1 Å². The zero-order valence-electron chi connectivity index (χ0n) is 19.3. The average Bonchev–Trinajstić information content (AvgIpc) is 2.79. The highest BCUT2D eigenvalue weighted by atomic mass is 32.3. The number of carbonyl (C=O) groups is 1. The summed E-state index contributed by atoms with van der Waals surface area (Å²) in [6.45, 7) is 5.67. The maximum absolute atomic E-state index is 14.3. The molecule has 0 bridgehead atoms. The van der Waals surface area contributed by atoms with Crippen molar-refractivity contribution in [2.45, 2.75) is 43.0 Å². The van der Waals surface area contributed by atoms with Crippen molar-refractivity contribution in [1.29, 1.82) is 0 Å². The Morgan fingerprint density at radius 3 is 2.03 bits per heavy atom. The lowest BCUT2D eigenvalue weighted by molar-refractivity contribution is -0.116. The van der Waals surface area contributed by atoms with Gasteiger partial charge in [-0.2, -0.15) is 8.42 Å². The third-order valence-electron chi connectivity index (χ3n) is 5.79. The van der Waals surface area contributed by atoms with Crippen LogP contribution in [0.15, 0.2) is 86.4 Å². The maximum Gasteiger partial charge on any atom is 0.291 e. The van der Waals surface area contributed by atoms with Crippen molar-refractivity contribution in [3.8, 4) is 0 Å². The van der Waals surface area contributed by atoms with E-state index >= 15 is 0 Å². The third-order valence-corrected chi connectivity index (χ3v) is 9.80. The van der Waals surface area contributed by atoms with E-state index < -0.39 is 26.0 Å². The monoisotopic (exact) mass is 497 g/mol. The molecule has 1 aliphatic heterocycles. The third kappa shape index (κ3) is 4.91. The predicted octanol–water partition coefficient (Wildman–Crippen LogP) is 4.52. The molecule has 1 amide bonds. The van der Waals surface area contributed by atoms with Gasteiger partial charge in [-0.25, -0.2) is 8.93 Å². The van der Waals surface area contributed by atoms with E-state index in [0.29, 0.717) is 18.7 Å². The standard InChI is InChI=1S/C25H27N3O4S2/c1-18-8-12-21(13-9-18)33(30,27-34(31,32)22-14-10-19(2)11-15-22)26-24-16-17-28(20(3)29)25-7-5-4-6-23(24)25/h4-15,24H,16-17H2,1-3H3,(H,26,27,30)/t24-,33?/m1/s1. The average molecular weight is 498 g/mol. The van der Waals surface area contributed by atoms with Gasteiger partial charge in [0.2, 0.25) is 5.91 Å². The summed E-state index contributed by atoms with van der Waals surface area (Å²) in [7, 11) is -7.82. The van der Waals surface area contributed by atoms with Crippen LogP contribution in [0.3, 0.4) is 0 Å². The lowest BCUT2D eigenvalue weighted by Crippen LogP contribution is -2.40. The molecule has 1 unspecified atom stereocenters. The number of aryl methyl sites for hydroxylation is 2. The van der Waals surface area contributed by atoms with Gasteiger partial charge in [0.15, 0.2) is 9.92 Å². The number of hydrogen-bond acceptors (Lipinski definition) is 4. The molecule has 4 rings (SSSR count). The topological polar surface area (TPSA) is 95.9 Å². The molecule has 0 spiro atoms. The van der Waals surface area contributed by atoms with Gasteiger partial charge in [0.05, 0.1) is 9.79 Å². The lowest BCUT2D eigenvalue weighted by atomic mass is 9.97. The first-order chi connectivity index (χ1) is 16.1. The number of amides is 1. The zero-order valence-corrected chi connectivity index (χ0v) is 20.9. The van der Waals surface area contributed by atoms with Gasteiger partial charge in [-0.15, -0.1) is 0 Å². The Kier molecular flexibility index (Phi) is 6.62. The second-order valence-electron chi connectivity index (χ2n) is 8.39. The highest BCUT2D eigenvalue weighted by molar-refractivity contribution is 8.02. The molecule has 1 N–H and O–H groups in total. The number of para-hydroxylation sites is 1. The molecule has 0 fully saturated rings. The number of nitrogens with zero attached hydrogens (tertiary/aromatic N) is 2. The Labute approximate surface area is 201 Å². The highest BCUT2D eigenvalue weighted by Crippen LogP contribution is 2.35. The SMILES string of the molecule is CC(=O)N1CC[C@@H](NS(=O)(=NS(=O)(=O)c2ccc(C)cc2)c2ccc(C)cc2)c2ccccc21. The molecular weight excluding hydrogens is 470 g/mol. The molecule has 7 nitrogen and oxygen atoms in total. The maximum atomic E-state index is 14.3. The predicted molar refractivity (Wildman–Crippen MR) is 133 cm³/mol. The Hall–Kier alpha value is -3.01. The lowest BCUT2D eigenvalue weighted by Gasteiger charge is -2.34. The molecule has 34 heavy (non-hydrogen) atoms. The summed E-state index contributed by atoms with van der Waals surface area (Å²) in [5.74, 6) is -0.0863. The van der Waals surface area contributed by atoms with Crippen LogP contribution < -0.4 is 9.62 Å². The van der Waals surface area contributed by atoms with Gasteiger partial charge in [-0.3, -0.25) is 4.79 Å². The van der Waals surface area contributed by atoms with E-state index in [9.17, 15) is 17.4 Å². The number of anilines is 1. The van der Waals surface area contributed by atoms with E-state index in [2.05, 4.69) is 8.49 Å². The summed E-state index contributed by atoms with van der Waals surface area (Å²) in [4.78, 5) is 14.1. The number of benzene rings is 3. The van der Waals surface area contributed by atoms with Crippen LogP contribution in [0.1, 0.15) is 36.1 Å². The quantitative estimate of drug-likeness (QED) is 0.561. The van der Waals surface area contributed by atoms with E-state index in [1.807, 2.05) is 38.1 Å². The van der Waals surface area contributed by atoms with Crippen LogP contribution in [0.5, 0.6) is 0 Å². The number of hydrogen-bond donors (Lipinski definition) is 1. The summed E-state index contributed by atoms with van der Waals surface area (Å²) in [5, 5.41) is 0. The fraction of sp³-hybridized carbons (Fsp3) is 0.240. The van der Waals surface area contributed by atoms with Gasteiger partial charge in [-0.05, 0) is 56.2 Å². The van der Waals surface area contributed by atoms with Crippen molar-refractivity contribution < 1.29 is 17.4 Å². The molecule has 0 radical (unpaired) electrons. The summed E-state index contributed by atoms with van der Waals surface area (Å²) in [5.41, 5.74) is 3.34. The van der Waals surface area contributed by atoms with Crippen molar-refractivity contribution in [3.63, 3.8) is 0 Å². The van der Waals surface area contributed by atoms with Crippen LogP contribution in [0.4, 0.5) is 5.69 Å². The van der Waals surface area contributed by atoms with Gasteiger partial charge in [0.1, 0.15) is 0 Å². The van der Waals surface area contributed by atoms with E-state index in [0.717, 1.165) is 16.7 Å². The number of fused-ring (bicyclic) bond motifs is 1. The van der Waals surface area contributed by atoms with Gasteiger partial charge in [-0.1, -0.05) is 57.4 Å². The van der Waals surface area contributed by atoms with Crippen LogP contribution in [0.2, 0.25) is 0 Å². The molecule has 0 saturated heterocycles. The van der Waals surface area contributed by atoms with Crippen molar-refractivity contribution in [2.75, 3.05) is 11.4 Å². The first kappa shape index (κ1) is 24.1. The van der Waals surface area contributed by atoms with Gasteiger partial charge < -0.3 is 4.90 Å². The summed E-state index contributed by atoms with van der Waals surface area (Å²) < 4.78 is 47.7. The van der Waals surface area contributed by atoms with Crippen LogP contribution in [0.25, 0.3) is 0 Å². The molecular formula is C25H27N3O4S2. The van der Waals surface area contributed by atoms with Crippen LogP contribution in [-0.4, -0.2) is 25.1 Å². The largest absolute Gasteiger partial charge is 0.312 e. The van der Waals surface area contributed by atoms with Crippen LogP contribution in [0, 0.1) is 13.8 Å². The molecule has 3 aromatic carbocycles. The minimum Gasteiger partial charge on any atom is -0.312 e. The van der Waals surface area contributed by atoms with Crippen molar-refractivity contribution >= 4 is 31.5 Å². The molecule has 2 atom stereocenters. The Bertz CT molecular complexity index is 1440. The first-order valence-electron chi connectivity index (χ1n) is 10.9. The molecule has 0 aromatic heterocycles. The molecule has 178 valence electrons. The second-order valence-corrected chi connectivity index (χ2v) is 12.2. The van der Waals surface area contributed by atoms with Crippen molar-refractivity contribution in [3.05, 3.63) is 89.5 Å². The molecule has 1 aliphatic rings. The molecule has 0 saturated carbocycles.